The Labute approximate surface area is 157 Å². The first-order valence-corrected chi connectivity index (χ1v) is 9.13. The van der Waals surface area contributed by atoms with Crippen LogP contribution in [0.5, 0.6) is 0 Å². The van der Waals surface area contributed by atoms with Crippen LogP contribution in [0.25, 0.3) is 11.4 Å². The zero-order valence-electron chi connectivity index (χ0n) is 15.3. The molecule has 1 aliphatic heterocycles. The van der Waals surface area contributed by atoms with Gasteiger partial charge < -0.3 is 15.3 Å². The van der Waals surface area contributed by atoms with Gasteiger partial charge in [0.2, 0.25) is 11.7 Å². The maximum absolute atomic E-state index is 12.5. The number of hydrogen-bond acceptors (Lipinski definition) is 6. The van der Waals surface area contributed by atoms with Crippen LogP contribution in [0.3, 0.4) is 0 Å². The Balaban J connectivity index is 1.54. The van der Waals surface area contributed by atoms with Crippen LogP contribution in [-0.4, -0.2) is 67.3 Å². The fraction of sp³-hybridized carbons (Fsp3) is 0.500. The van der Waals surface area contributed by atoms with Gasteiger partial charge in [-0.15, -0.1) is 10.2 Å². The van der Waals surface area contributed by atoms with E-state index in [2.05, 4.69) is 20.7 Å². The van der Waals surface area contributed by atoms with Gasteiger partial charge in [0.25, 0.3) is 5.91 Å². The molecule has 9 nitrogen and oxygen atoms in total. The Morgan fingerprint density at radius 3 is 2.59 bits per heavy atom. The van der Waals surface area contributed by atoms with Gasteiger partial charge in [0, 0.05) is 38.0 Å². The van der Waals surface area contributed by atoms with Crippen LogP contribution < -0.4 is 5.32 Å². The van der Waals surface area contributed by atoms with Crippen LogP contribution in [0.15, 0.2) is 30.3 Å². The zero-order chi connectivity index (χ0) is 19.3. The molecule has 0 aliphatic carbocycles. The second kappa shape index (κ2) is 8.26. The second-order valence-corrected chi connectivity index (χ2v) is 6.68. The Kier molecular flexibility index (Phi) is 5.80. The number of aliphatic hydroxyl groups is 1. The predicted octanol–water partition coefficient (Wildman–Crippen LogP) is 0.220. The lowest BCUT2D eigenvalue weighted by Crippen LogP contribution is -2.55. The van der Waals surface area contributed by atoms with Crippen molar-refractivity contribution in [1.29, 1.82) is 0 Å². The molecule has 9 heteroatoms. The molecule has 0 atom stereocenters. The molecule has 2 aromatic rings. The van der Waals surface area contributed by atoms with Crippen LogP contribution in [-0.2, 0) is 16.1 Å². The molecule has 1 aromatic carbocycles. The normalized spacial score (nSPS) is 16.1. The maximum Gasteiger partial charge on any atom is 0.252 e. The van der Waals surface area contributed by atoms with Crippen molar-refractivity contribution in [3.8, 4) is 11.4 Å². The minimum absolute atomic E-state index is 0.0275. The van der Waals surface area contributed by atoms with E-state index in [-0.39, 0.29) is 31.2 Å². The first-order valence-electron chi connectivity index (χ1n) is 9.13. The van der Waals surface area contributed by atoms with E-state index in [1.54, 1.807) is 4.90 Å². The molecule has 144 valence electrons. The summed E-state index contributed by atoms with van der Waals surface area (Å²) in [6.07, 6.45) is 1.24. The highest BCUT2D eigenvalue weighted by atomic mass is 16.3. The molecule has 3 rings (SSSR count). The van der Waals surface area contributed by atoms with E-state index in [1.807, 2.05) is 37.3 Å². The summed E-state index contributed by atoms with van der Waals surface area (Å²) >= 11 is 0. The smallest absolute Gasteiger partial charge is 0.252 e. The van der Waals surface area contributed by atoms with Crippen molar-refractivity contribution in [2.45, 2.75) is 38.3 Å². The van der Waals surface area contributed by atoms with Crippen LogP contribution >= 0.6 is 0 Å². The average molecular weight is 372 g/mol. The molecule has 1 saturated heterocycles. The van der Waals surface area contributed by atoms with Crippen LogP contribution in [0.4, 0.5) is 0 Å². The van der Waals surface area contributed by atoms with Gasteiger partial charge in [-0.25, -0.2) is 0 Å². The number of benzene rings is 1. The summed E-state index contributed by atoms with van der Waals surface area (Å²) in [5.74, 6) is -0.0612. The van der Waals surface area contributed by atoms with Crippen LogP contribution in [0.2, 0.25) is 0 Å². The third-order valence-electron chi connectivity index (χ3n) is 4.66. The van der Waals surface area contributed by atoms with Crippen molar-refractivity contribution in [3.63, 3.8) is 0 Å². The number of rotatable bonds is 6. The van der Waals surface area contributed by atoms with Gasteiger partial charge in [0.05, 0.1) is 0 Å². The number of nitrogens with one attached hydrogen (secondary N) is 1. The molecular formula is C18H24N6O3. The topological polar surface area (TPSA) is 113 Å². The number of amides is 2. The third kappa shape index (κ3) is 4.48. The summed E-state index contributed by atoms with van der Waals surface area (Å²) in [6.45, 7) is 3.09. The first-order chi connectivity index (χ1) is 13.0. The molecule has 1 fully saturated rings. The lowest BCUT2D eigenvalue weighted by atomic mass is 9.90. The Hall–Kier alpha value is -2.81. The van der Waals surface area contributed by atoms with Gasteiger partial charge >= 0.3 is 0 Å². The number of carbonyl (C=O) groups is 2. The Bertz CT molecular complexity index is 783. The maximum atomic E-state index is 12.5. The van der Waals surface area contributed by atoms with Gasteiger partial charge in [0.15, 0.2) is 0 Å². The van der Waals surface area contributed by atoms with Crippen molar-refractivity contribution in [2.24, 2.45) is 0 Å². The molecule has 0 unspecified atom stereocenters. The van der Waals surface area contributed by atoms with Crippen LogP contribution in [0, 0.1) is 0 Å². The van der Waals surface area contributed by atoms with Crippen molar-refractivity contribution in [1.82, 2.24) is 30.4 Å². The second-order valence-electron chi connectivity index (χ2n) is 6.68. The predicted molar refractivity (Wildman–Crippen MR) is 97.3 cm³/mol. The highest BCUT2D eigenvalue weighted by Crippen LogP contribution is 2.22. The number of piperidine rings is 1. The monoisotopic (exact) mass is 372 g/mol. The van der Waals surface area contributed by atoms with Gasteiger partial charge in [-0.3, -0.25) is 9.59 Å². The molecule has 1 aromatic heterocycles. The largest absolute Gasteiger partial charge is 0.380 e. The van der Waals surface area contributed by atoms with Gasteiger partial charge in [-0.1, -0.05) is 37.3 Å². The summed E-state index contributed by atoms with van der Waals surface area (Å²) in [5.41, 5.74) is -0.574. The van der Waals surface area contributed by atoms with Crippen molar-refractivity contribution >= 4 is 11.8 Å². The molecule has 0 bridgehead atoms. The van der Waals surface area contributed by atoms with Gasteiger partial charge in [0.1, 0.15) is 12.1 Å². The highest BCUT2D eigenvalue weighted by Gasteiger charge is 2.40. The third-order valence-corrected chi connectivity index (χ3v) is 4.66. The van der Waals surface area contributed by atoms with Gasteiger partial charge in [-0.2, -0.15) is 4.80 Å². The lowest BCUT2D eigenvalue weighted by Gasteiger charge is -2.36. The number of nitrogens with zero attached hydrogens (tertiary/aromatic N) is 5. The lowest BCUT2D eigenvalue weighted by molar-refractivity contribution is -0.149. The van der Waals surface area contributed by atoms with E-state index >= 15 is 0 Å². The number of hydrogen-bond donors (Lipinski definition) is 2. The fourth-order valence-electron chi connectivity index (χ4n) is 2.99. The highest BCUT2D eigenvalue weighted by molar-refractivity contribution is 5.85. The Morgan fingerprint density at radius 1 is 1.22 bits per heavy atom. The number of likely N-dealkylation sites (tertiary alicyclic amines) is 1. The summed E-state index contributed by atoms with van der Waals surface area (Å²) < 4.78 is 0. The molecule has 27 heavy (non-hydrogen) atoms. The molecule has 1 aliphatic rings. The molecule has 2 heterocycles. The van der Waals surface area contributed by atoms with Crippen molar-refractivity contribution < 1.29 is 14.7 Å². The summed E-state index contributed by atoms with van der Waals surface area (Å²) in [5, 5.41) is 25.4. The molecular weight excluding hydrogens is 348 g/mol. The SMILES string of the molecule is CCCNC(=O)C1(O)CCN(C(=O)Cn2nnc(-c3ccccc3)n2)CC1. The Morgan fingerprint density at radius 2 is 1.93 bits per heavy atom. The molecule has 0 radical (unpaired) electrons. The van der Waals surface area contributed by atoms with Crippen LogP contribution in [0.1, 0.15) is 26.2 Å². The molecule has 0 saturated carbocycles. The summed E-state index contributed by atoms with van der Waals surface area (Å²) in [7, 11) is 0. The van der Waals surface area contributed by atoms with E-state index in [9.17, 15) is 14.7 Å². The van der Waals surface area contributed by atoms with E-state index < -0.39 is 5.60 Å². The van der Waals surface area contributed by atoms with E-state index in [4.69, 9.17) is 0 Å². The van der Waals surface area contributed by atoms with E-state index in [0.717, 1.165) is 12.0 Å². The quantitative estimate of drug-likeness (QED) is 0.750. The fourth-order valence-corrected chi connectivity index (χ4v) is 2.99. The molecule has 2 N–H and O–H groups in total. The number of aromatic nitrogens is 4. The average Bonchev–Trinajstić information content (AvgIpc) is 3.15. The van der Waals surface area contributed by atoms with E-state index in [1.165, 1.54) is 4.80 Å². The van der Waals surface area contributed by atoms with Crippen molar-refractivity contribution in [3.05, 3.63) is 30.3 Å². The van der Waals surface area contributed by atoms with E-state index in [0.29, 0.717) is 25.5 Å². The first kappa shape index (κ1) is 19.0. The molecule has 0 spiro atoms. The van der Waals surface area contributed by atoms with Gasteiger partial charge in [-0.05, 0) is 11.6 Å². The summed E-state index contributed by atoms with van der Waals surface area (Å²) in [6, 6.07) is 9.41. The number of tetrazole rings is 1. The zero-order valence-corrected chi connectivity index (χ0v) is 15.3. The molecule has 2 amide bonds. The minimum Gasteiger partial charge on any atom is -0.380 e. The number of carbonyl (C=O) groups excluding carboxylic acids is 2. The van der Waals surface area contributed by atoms with Crippen molar-refractivity contribution in [2.75, 3.05) is 19.6 Å². The standard InChI is InChI=1S/C18H24N6O3/c1-2-10-19-17(26)18(27)8-11-23(12-9-18)15(25)13-24-21-16(20-22-24)14-6-4-3-5-7-14/h3-7,27H,2,8-13H2,1H3,(H,19,26). The minimum atomic E-state index is -1.40. The summed E-state index contributed by atoms with van der Waals surface area (Å²) in [4.78, 5) is 27.4.